The Morgan fingerprint density at radius 3 is 2.59 bits per heavy atom. The number of carbonyl (C=O) groups is 1. The second-order valence-electron chi connectivity index (χ2n) is 8.20. The molecule has 4 aromatic rings. The molecule has 7 nitrogen and oxygen atoms in total. The molecule has 0 spiro atoms. The number of aromatic nitrogens is 2. The second kappa shape index (κ2) is 9.77. The lowest BCUT2D eigenvalue weighted by atomic mass is 10.2. The number of fused-ring (bicyclic) bond motifs is 1. The normalized spacial score (nSPS) is 15.6. The summed E-state index contributed by atoms with van der Waals surface area (Å²) in [6, 6.07) is 13.1. The Labute approximate surface area is 206 Å². The minimum atomic E-state index is -0.364. The average Bonchev–Trinajstić information content (AvgIpc) is 3.54. The molecule has 0 N–H and O–H groups in total. The van der Waals surface area contributed by atoms with Gasteiger partial charge in [-0.3, -0.25) is 14.2 Å². The minimum absolute atomic E-state index is 0.0807. The second-order valence-corrected chi connectivity index (χ2v) is 10.4. The van der Waals surface area contributed by atoms with Crippen molar-refractivity contribution in [3.63, 3.8) is 0 Å². The van der Waals surface area contributed by atoms with Crippen LogP contribution in [0.1, 0.15) is 13.8 Å². The molecule has 5 rings (SSSR count). The van der Waals surface area contributed by atoms with Crippen molar-refractivity contribution >= 4 is 39.2 Å². The van der Waals surface area contributed by atoms with Gasteiger partial charge >= 0.3 is 0 Å². The number of hydrogen-bond acceptors (Lipinski definition) is 7. The fraction of sp³-hybridized carbons (Fsp3) is 0.320. The Kier molecular flexibility index (Phi) is 6.58. The summed E-state index contributed by atoms with van der Waals surface area (Å²) in [7, 11) is 0. The first kappa shape index (κ1) is 22.9. The Morgan fingerprint density at radius 2 is 1.91 bits per heavy atom. The molecule has 1 unspecified atom stereocenters. The van der Waals surface area contributed by atoms with Crippen LogP contribution in [0.5, 0.6) is 0 Å². The third-order valence-electron chi connectivity index (χ3n) is 6.14. The Bertz CT molecular complexity index is 1340. The van der Waals surface area contributed by atoms with Crippen molar-refractivity contribution in [3.05, 3.63) is 64.5 Å². The number of furan rings is 1. The molecule has 1 amide bonds. The first-order chi connectivity index (χ1) is 16.6. The predicted octanol–water partition coefficient (Wildman–Crippen LogP) is 4.35. The van der Waals surface area contributed by atoms with Gasteiger partial charge in [0, 0.05) is 37.1 Å². The molecule has 0 radical (unpaired) electrons. The van der Waals surface area contributed by atoms with Crippen LogP contribution >= 0.6 is 23.1 Å². The lowest BCUT2D eigenvalue weighted by Gasteiger charge is -2.35. The van der Waals surface area contributed by atoms with Gasteiger partial charge in [0.05, 0.1) is 22.6 Å². The SMILES string of the molecule is CCN1CCN(C(=O)C(C)Sc2nc3scc(-c4ccco4)c3c(=O)n2-c2ccccc2)CC1. The number of benzene rings is 1. The van der Waals surface area contributed by atoms with Gasteiger partial charge in [0.15, 0.2) is 5.16 Å². The van der Waals surface area contributed by atoms with Gasteiger partial charge in [-0.2, -0.15) is 0 Å². The van der Waals surface area contributed by atoms with Gasteiger partial charge in [-0.25, -0.2) is 4.98 Å². The van der Waals surface area contributed by atoms with Crippen LogP contribution in [0.3, 0.4) is 0 Å². The van der Waals surface area contributed by atoms with Crippen molar-refractivity contribution in [2.24, 2.45) is 0 Å². The van der Waals surface area contributed by atoms with E-state index in [4.69, 9.17) is 9.40 Å². The molecule has 0 aliphatic carbocycles. The van der Waals surface area contributed by atoms with Gasteiger partial charge in [-0.05, 0) is 37.7 Å². The highest BCUT2D eigenvalue weighted by atomic mass is 32.2. The van der Waals surface area contributed by atoms with Crippen LogP contribution in [0, 0.1) is 0 Å². The highest BCUT2D eigenvalue weighted by molar-refractivity contribution is 8.00. The van der Waals surface area contributed by atoms with Gasteiger partial charge in [-0.1, -0.05) is 36.9 Å². The van der Waals surface area contributed by atoms with E-state index in [1.165, 1.54) is 23.1 Å². The smallest absolute Gasteiger partial charge is 0.268 e. The van der Waals surface area contributed by atoms with Crippen LogP contribution in [0.2, 0.25) is 0 Å². The number of thioether (sulfide) groups is 1. The van der Waals surface area contributed by atoms with E-state index in [1.807, 2.05) is 53.6 Å². The molecule has 1 atom stereocenters. The number of rotatable bonds is 6. The van der Waals surface area contributed by atoms with Crippen molar-refractivity contribution < 1.29 is 9.21 Å². The van der Waals surface area contributed by atoms with Gasteiger partial charge in [0.25, 0.3) is 5.56 Å². The molecule has 1 aromatic carbocycles. The number of carbonyl (C=O) groups excluding carboxylic acids is 1. The molecule has 34 heavy (non-hydrogen) atoms. The predicted molar refractivity (Wildman–Crippen MR) is 137 cm³/mol. The van der Waals surface area contributed by atoms with E-state index in [0.29, 0.717) is 21.1 Å². The van der Waals surface area contributed by atoms with E-state index in [-0.39, 0.29) is 16.7 Å². The van der Waals surface area contributed by atoms with E-state index in [1.54, 1.807) is 16.9 Å². The van der Waals surface area contributed by atoms with E-state index < -0.39 is 0 Å². The number of nitrogens with zero attached hydrogens (tertiary/aromatic N) is 4. The van der Waals surface area contributed by atoms with E-state index in [0.717, 1.165) is 44.0 Å². The molecule has 0 bridgehead atoms. The molecule has 9 heteroatoms. The Morgan fingerprint density at radius 1 is 1.15 bits per heavy atom. The summed E-state index contributed by atoms with van der Waals surface area (Å²) in [5, 5.41) is 2.59. The first-order valence-electron chi connectivity index (χ1n) is 11.4. The van der Waals surface area contributed by atoms with Crippen molar-refractivity contribution in [3.8, 4) is 17.0 Å². The zero-order valence-electron chi connectivity index (χ0n) is 19.1. The summed E-state index contributed by atoms with van der Waals surface area (Å²) in [5.41, 5.74) is 1.29. The number of likely N-dealkylation sites (N-methyl/N-ethyl adjacent to an activating group) is 1. The molecular weight excluding hydrogens is 468 g/mol. The fourth-order valence-electron chi connectivity index (χ4n) is 4.22. The fourth-order valence-corrected chi connectivity index (χ4v) is 6.20. The van der Waals surface area contributed by atoms with Crippen molar-refractivity contribution in [2.75, 3.05) is 32.7 Å². The third kappa shape index (κ3) is 4.31. The lowest BCUT2D eigenvalue weighted by Crippen LogP contribution is -2.50. The number of para-hydroxylation sites is 1. The molecule has 0 saturated carbocycles. The van der Waals surface area contributed by atoms with E-state index >= 15 is 0 Å². The van der Waals surface area contributed by atoms with Crippen molar-refractivity contribution in [1.29, 1.82) is 0 Å². The molecule has 1 aliphatic rings. The maximum absolute atomic E-state index is 13.8. The molecule has 176 valence electrons. The van der Waals surface area contributed by atoms with Crippen molar-refractivity contribution in [2.45, 2.75) is 24.3 Å². The molecule has 1 aliphatic heterocycles. The topological polar surface area (TPSA) is 71.6 Å². The van der Waals surface area contributed by atoms with Crippen LogP contribution in [0.15, 0.2) is 68.5 Å². The van der Waals surface area contributed by atoms with Crippen LogP contribution < -0.4 is 5.56 Å². The van der Waals surface area contributed by atoms with Gasteiger partial charge in [0.1, 0.15) is 10.6 Å². The molecule has 1 saturated heterocycles. The van der Waals surface area contributed by atoms with E-state index in [9.17, 15) is 9.59 Å². The average molecular weight is 495 g/mol. The number of amides is 1. The van der Waals surface area contributed by atoms with Gasteiger partial charge < -0.3 is 14.2 Å². The number of piperazine rings is 1. The van der Waals surface area contributed by atoms with Gasteiger partial charge in [-0.15, -0.1) is 11.3 Å². The van der Waals surface area contributed by atoms with E-state index in [2.05, 4.69) is 11.8 Å². The quantitative estimate of drug-likeness (QED) is 0.293. The zero-order chi connectivity index (χ0) is 23.7. The van der Waals surface area contributed by atoms with Crippen LogP contribution in [0.25, 0.3) is 27.2 Å². The highest BCUT2D eigenvalue weighted by Crippen LogP contribution is 2.34. The van der Waals surface area contributed by atoms with Crippen LogP contribution in [-0.2, 0) is 4.79 Å². The summed E-state index contributed by atoms with van der Waals surface area (Å²) < 4.78 is 7.18. The highest BCUT2D eigenvalue weighted by Gasteiger charge is 2.27. The lowest BCUT2D eigenvalue weighted by molar-refractivity contribution is -0.132. The Balaban J connectivity index is 1.53. The minimum Gasteiger partial charge on any atom is -0.464 e. The molecule has 3 aromatic heterocycles. The Hall–Kier alpha value is -2.88. The zero-order valence-corrected chi connectivity index (χ0v) is 20.8. The largest absolute Gasteiger partial charge is 0.464 e. The summed E-state index contributed by atoms with van der Waals surface area (Å²) >= 11 is 2.75. The summed E-state index contributed by atoms with van der Waals surface area (Å²) in [4.78, 5) is 36.8. The third-order valence-corrected chi connectivity index (χ3v) is 8.05. The summed E-state index contributed by atoms with van der Waals surface area (Å²) in [6.07, 6.45) is 1.60. The van der Waals surface area contributed by atoms with Crippen LogP contribution in [0.4, 0.5) is 0 Å². The number of hydrogen-bond donors (Lipinski definition) is 0. The maximum Gasteiger partial charge on any atom is 0.268 e. The van der Waals surface area contributed by atoms with Gasteiger partial charge in [0.2, 0.25) is 5.91 Å². The first-order valence-corrected chi connectivity index (χ1v) is 13.1. The molecule has 1 fully saturated rings. The monoisotopic (exact) mass is 494 g/mol. The van der Waals surface area contributed by atoms with Crippen LogP contribution in [-0.4, -0.2) is 63.2 Å². The van der Waals surface area contributed by atoms with Crippen molar-refractivity contribution in [1.82, 2.24) is 19.4 Å². The summed E-state index contributed by atoms with van der Waals surface area (Å²) in [6.45, 7) is 8.28. The number of thiophene rings is 1. The molecule has 4 heterocycles. The maximum atomic E-state index is 13.8. The summed E-state index contributed by atoms with van der Waals surface area (Å²) in [5.74, 6) is 0.720. The molecular formula is C25H26N4O3S2. The standard InChI is InChI=1S/C25H26N4O3S2/c1-3-27-11-13-28(14-12-27)23(30)17(2)34-25-26-22-21(19(16-33-22)20-10-7-15-32-20)24(31)29(25)18-8-5-4-6-9-18/h4-10,15-17H,3,11-14H2,1-2H3.